The van der Waals surface area contributed by atoms with E-state index in [4.69, 9.17) is 25.5 Å². The van der Waals surface area contributed by atoms with Crippen LogP contribution in [0.25, 0.3) is 0 Å². The molecule has 10 heteroatoms. The zero-order valence-electron chi connectivity index (χ0n) is 9.06. The molecule has 0 rings (SSSR count). The Morgan fingerprint density at radius 1 is 0.789 bits per heavy atom. The van der Waals surface area contributed by atoms with Crippen molar-refractivity contribution in [3.8, 4) is 0 Å². The van der Waals surface area contributed by atoms with Gasteiger partial charge in [0.1, 0.15) is 0 Å². The highest BCUT2D eigenvalue weighted by molar-refractivity contribution is 6.16. The Labute approximate surface area is 104 Å². The van der Waals surface area contributed by atoms with Crippen molar-refractivity contribution in [2.24, 2.45) is 11.3 Å². The standard InChI is InChI=1S/C9H8O10/c1-2(4(10)11)9(7(16)17,8(18)19)3(5(12)13)6(14)15/h3H,1H2,(H,10,11)(H,12,13)(H,14,15)(H,16,17)(H,18,19). The lowest BCUT2D eigenvalue weighted by atomic mass is 9.70. The third kappa shape index (κ3) is 2.36. The van der Waals surface area contributed by atoms with Gasteiger partial charge in [-0.25, -0.2) is 4.79 Å². The number of aliphatic carboxylic acids is 5. The molecule has 0 spiro atoms. The molecule has 0 saturated heterocycles. The summed E-state index contributed by atoms with van der Waals surface area (Å²) in [5.74, 6) is -14.7. The van der Waals surface area contributed by atoms with Crippen molar-refractivity contribution in [1.82, 2.24) is 0 Å². The smallest absolute Gasteiger partial charge is 0.332 e. The van der Waals surface area contributed by atoms with Gasteiger partial charge in [0.05, 0.1) is 5.57 Å². The van der Waals surface area contributed by atoms with E-state index in [1.165, 1.54) is 0 Å². The van der Waals surface area contributed by atoms with Crippen LogP contribution in [0, 0.1) is 11.3 Å². The monoisotopic (exact) mass is 276 g/mol. The van der Waals surface area contributed by atoms with Crippen LogP contribution in [-0.4, -0.2) is 55.4 Å². The van der Waals surface area contributed by atoms with Gasteiger partial charge in [-0.15, -0.1) is 0 Å². The van der Waals surface area contributed by atoms with Gasteiger partial charge >= 0.3 is 29.8 Å². The third-order valence-electron chi connectivity index (χ3n) is 2.34. The Morgan fingerprint density at radius 2 is 1.11 bits per heavy atom. The summed E-state index contributed by atoms with van der Waals surface area (Å²) in [5.41, 5.74) is -5.30. The molecule has 0 aromatic rings. The van der Waals surface area contributed by atoms with Gasteiger partial charge in [-0.2, -0.15) is 0 Å². The van der Waals surface area contributed by atoms with E-state index < -0.39 is 46.8 Å². The van der Waals surface area contributed by atoms with Crippen molar-refractivity contribution in [3.05, 3.63) is 12.2 Å². The number of rotatable bonds is 7. The largest absolute Gasteiger partial charge is 0.481 e. The summed E-state index contributed by atoms with van der Waals surface area (Å²) in [4.78, 5) is 54.3. The maximum atomic E-state index is 11.0. The van der Waals surface area contributed by atoms with Gasteiger partial charge < -0.3 is 25.5 Å². The molecule has 0 bridgehead atoms. The van der Waals surface area contributed by atoms with Crippen LogP contribution < -0.4 is 0 Å². The summed E-state index contributed by atoms with van der Waals surface area (Å²) < 4.78 is 0. The Bertz CT molecular complexity index is 459. The number of hydrogen-bond acceptors (Lipinski definition) is 5. The van der Waals surface area contributed by atoms with E-state index in [0.717, 1.165) is 0 Å². The van der Waals surface area contributed by atoms with Crippen molar-refractivity contribution in [1.29, 1.82) is 0 Å². The fourth-order valence-electron chi connectivity index (χ4n) is 1.42. The molecule has 0 amide bonds. The molecule has 0 aliphatic rings. The molecule has 0 heterocycles. The lowest BCUT2D eigenvalue weighted by Crippen LogP contribution is -2.54. The van der Waals surface area contributed by atoms with Crippen LogP contribution in [0.5, 0.6) is 0 Å². The normalized spacial score (nSPS) is 10.8. The highest BCUT2D eigenvalue weighted by Crippen LogP contribution is 2.37. The molecule has 10 nitrogen and oxygen atoms in total. The zero-order valence-corrected chi connectivity index (χ0v) is 9.06. The molecule has 19 heavy (non-hydrogen) atoms. The van der Waals surface area contributed by atoms with Gasteiger partial charge in [-0.05, 0) is 0 Å². The van der Waals surface area contributed by atoms with Gasteiger partial charge in [-0.3, -0.25) is 19.2 Å². The van der Waals surface area contributed by atoms with Crippen molar-refractivity contribution in [2.75, 3.05) is 0 Å². The minimum atomic E-state index is -3.72. The van der Waals surface area contributed by atoms with E-state index in [1.807, 2.05) is 0 Å². The van der Waals surface area contributed by atoms with Gasteiger partial charge in [0.2, 0.25) is 5.41 Å². The van der Waals surface area contributed by atoms with E-state index in [0.29, 0.717) is 0 Å². The minimum Gasteiger partial charge on any atom is -0.481 e. The molecule has 104 valence electrons. The molecule has 0 saturated carbocycles. The van der Waals surface area contributed by atoms with E-state index in [9.17, 15) is 24.0 Å². The Kier molecular flexibility index (Phi) is 4.37. The summed E-state index contributed by atoms with van der Waals surface area (Å²) in [5, 5.41) is 43.6. The molecule has 0 aromatic carbocycles. The first-order valence-electron chi connectivity index (χ1n) is 4.36. The molecule has 0 aliphatic heterocycles. The van der Waals surface area contributed by atoms with Crippen LogP contribution in [0.3, 0.4) is 0 Å². The van der Waals surface area contributed by atoms with Crippen LogP contribution in [0.1, 0.15) is 0 Å². The summed E-state index contributed by atoms with van der Waals surface area (Å²) in [6.45, 7) is 2.67. The number of carboxylic acids is 5. The maximum Gasteiger partial charge on any atom is 0.332 e. The number of carbonyl (C=O) groups is 5. The van der Waals surface area contributed by atoms with Crippen LogP contribution in [0.15, 0.2) is 12.2 Å². The summed E-state index contributed by atoms with van der Waals surface area (Å²) in [6, 6.07) is 0. The highest BCUT2D eigenvalue weighted by Gasteiger charge is 2.63. The molecular formula is C9H8O10. The van der Waals surface area contributed by atoms with Crippen LogP contribution in [-0.2, 0) is 24.0 Å². The second kappa shape index (κ2) is 5.16. The Morgan fingerprint density at radius 3 is 1.26 bits per heavy atom. The first-order chi connectivity index (χ1) is 8.51. The molecule has 0 aliphatic carbocycles. The van der Waals surface area contributed by atoms with Crippen LogP contribution in [0.4, 0.5) is 0 Å². The first-order valence-corrected chi connectivity index (χ1v) is 4.36. The number of hydrogen-bond donors (Lipinski definition) is 5. The minimum absolute atomic E-state index is 1.58. The fourth-order valence-corrected chi connectivity index (χ4v) is 1.42. The lowest BCUT2D eigenvalue weighted by Gasteiger charge is -2.28. The predicted octanol–water partition coefficient (Wildman–Crippen LogP) is -1.43. The van der Waals surface area contributed by atoms with Gasteiger partial charge in [0.25, 0.3) is 0 Å². The molecule has 0 radical (unpaired) electrons. The maximum absolute atomic E-state index is 11.0. The van der Waals surface area contributed by atoms with Crippen LogP contribution in [0.2, 0.25) is 0 Å². The molecule has 0 unspecified atom stereocenters. The van der Waals surface area contributed by atoms with Crippen molar-refractivity contribution in [2.45, 2.75) is 0 Å². The van der Waals surface area contributed by atoms with Crippen LogP contribution >= 0.6 is 0 Å². The molecule has 0 atom stereocenters. The van der Waals surface area contributed by atoms with Gasteiger partial charge in [-0.1, -0.05) is 6.58 Å². The molecular weight excluding hydrogens is 268 g/mol. The van der Waals surface area contributed by atoms with E-state index >= 15 is 0 Å². The zero-order chi connectivity index (χ0) is 15.5. The summed E-state index contributed by atoms with van der Waals surface area (Å²) >= 11 is 0. The Balaban J connectivity index is 6.46. The Hall–Kier alpha value is -2.91. The van der Waals surface area contributed by atoms with Crippen molar-refractivity contribution in [3.63, 3.8) is 0 Å². The van der Waals surface area contributed by atoms with E-state index in [2.05, 4.69) is 6.58 Å². The number of carboxylic acid groups (broad SMARTS) is 5. The second-order valence-electron chi connectivity index (χ2n) is 3.31. The molecule has 0 fully saturated rings. The van der Waals surface area contributed by atoms with E-state index in [1.54, 1.807) is 0 Å². The van der Waals surface area contributed by atoms with Gasteiger partial charge in [0, 0.05) is 0 Å². The van der Waals surface area contributed by atoms with Gasteiger partial charge in [0.15, 0.2) is 5.92 Å². The quantitative estimate of drug-likeness (QED) is 0.272. The second-order valence-corrected chi connectivity index (χ2v) is 3.31. The van der Waals surface area contributed by atoms with Crippen molar-refractivity contribution >= 4 is 29.8 Å². The third-order valence-corrected chi connectivity index (χ3v) is 2.34. The van der Waals surface area contributed by atoms with Crippen molar-refractivity contribution < 1.29 is 49.5 Å². The average Bonchev–Trinajstić information content (AvgIpc) is 2.21. The molecule has 0 aromatic heterocycles. The fraction of sp³-hybridized carbons (Fsp3) is 0.222. The lowest BCUT2D eigenvalue weighted by molar-refractivity contribution is -0.180. The predicted molar refractivity (Wildman–Crippen MR) is 53.2 cm³/mol. The summed E-state index contributed by atoms with van der Waals surface area (Å²) in [7, 11) is 0. The average molecular weight is 276 g/mol. The molecule has 5 N–H and O–H groups in total. The SMILES string of the molecule is C=C(C(=O)O)C(C(=O)O)(C(=O)O)C(C(=O)O)C(=O)O. The topological polar surface area (TPSA) is 186 Å². The first kappa shape index (κ1) is 16.1. The van der Waals surface area contributed by atoms with E-state index in [-0.39, 0.29) is 0 Å². The summed E-state index contributed by atoms with van der Waals surface area (Å²) in [6.07, 6.45) is 0. The highest BCUT2D eigenvalue weighted by atomic mass is 16.4.